The number of benzene rings is 1. The molecule has 0 spiro atoms. The Morgan fingerprint density at radius 2 is 1.79 bits per heavy atom. The number of hydrogen-bond donors (Lipinski definition) is 1. The number of pyridine rings is 1. The fraction of sp³-hybridized carbons (Fsp3) is 0.316. The number of hydrogen-bond acceptors (Lipinski definition) is 5. The fourth-order valence-electron chi connectivity index (χ4n) is 3.97. The molecule has 2 atom stereocenters. The number of nitrogens with zero attached hydrogens (tertiary/aromatic N) is 4. The third-order valence-electron chi connectivity index (χ3n) is 5.60. The minimum absolute atomic E-state index is 0.0749. The van der Waals surface area contributed by atoms with Gasteiger partial charge in [-0.15, -0.1) is 10.2 Å². The molecule has 1 aliphatic heterocycles. The van der Waals surface area contributed by atoms with E-state index in [9.17, 15) is 27.1 Å². The first-order chi connectivity index (χ1) is 13.7. The highest BCUT2D eigenvalue weighted by Gasteiger charge is 2.72. The van der Waals surface area contributed by atoms with Crippen LogP contribution in [0.25, 0.3) is 22.2 Å². The van der Waals surface area contributed by atoms with Gasteiger partial charge in [-0.1, -0.05) is 0 Å². The molecule has 150 valence electrons. The minimum atomic E-state index is -4.59. The van der Waals surface area contributed by atoms with Crippen molar-refractivity contribution >= 4 is 16.7 Å². The van der Waals surface area contributed by atoms with Crippen LogP contribution in [-0.4, -0.2) is 39.3 Å². The summed E-state index contributed by atoms with van der Waals surface area (Å²) in [4.78, 5) is 5.98. The highest BCUT2D eigenvalue weighted by molar-refractivity contribution is 5.98. The number of alkyl halides is 5. The molecule has 1 saturated carbocycles. The van der Waals surface area contributed by atoms with E-state index in [2.05, 4.69) is 15.2 Å². The van der Waals surface area contributed by atoms with E-state index in [0.717, 1.165) is 12.1 Å². The number of halogens is 5. The summed E-state index contributed by atoms with van der Waals surface area (Å²) in [5, 5.41) is 18.8. The van der Waals surface area contributed by atoms with Crippen LogP contribution >= 0.6 is 0 Å². The molecule has 1 saturated heterocycles. The quantitative estimate of drug-likeness (QED) is 0.647. The molecule has 2 aromatic heterocycles. The second-order valence-electron chi connectivity index (χ2n) is 7.29. The summed E-state index contributed by atoms with van der Waals surface area (Å²) in [5.41, 5.74) is -0.354. The zero-order valence-corrected chi connectivity index (χ0v) is 14.7. The molecule has 0 bridgehead atoms. The van der Waals surface area contributed by atoms with Crippen molar-refractivity contribution in [1.82, 2.24) is 15.2 Å². The summed E-state index contributed by atoms with van der Waals surface area (Å²) >= 11 is 0. The molecule has 2 unspecified atom stereocenters. The number of anilines is 1. The second kappa shape index (κ2) is 5.74. The molecule has 0 radical (unpaired) electrons. The molecule has 0 amide bonds. The molecule has 3 aromatic rings. The van der Waals surface area contributed by atoms with Crippen LogP contribution in [0.1, 0.15) is 5.56 Å². The first kappa shape index (κ1) is 18.0. The minimum Gasteiger partial charge on any atom is -0.507 e. The molecule has 29 heavy (non-hydrogen) atoms. The van der Waals surface area contributed by atoms with Crippen molar-refractivity contribution in [3.63, 3.8) is 0 Å². The Labute approximate surface area is 160 Å². The maximum atomic E-state index is 13.5. The lowest BCUT2D eigenvalue weighted by Gasteiger charge is -2.22. The van der Waals surface area contributed by atoms with Gasteiger partial charge >= 0.3 is 6.18 Å². The van der Waals surface area contributed by atoms with E-state index in [4.69, 9.17) is 0 Å². The van der Waals surface area contributed by atoms with Gasteiger partial charge in [0.25, 0.3) is 5.92 Å². The van der Waals surface area contributed by atoms with Crippen LogP contribution < -0.4 is 4.90 Å². The SMILES string of the molecule is Oc1cc(C(F)(F)F)ccc1-c1nnc(N2CC3C(C2)C3(F)F)c2ncccc12. The van der Waals surface area contributed by atoms with Crippen molar-refractivity contribution in [3.8, 4) is 17.0 Å². The number of phenolic OH excluding ortho intramolecular Hbond substituents is 1. The largest absolute Gasteiger partial charge is 0.507 e. The summed E-state index contributed by atoms with van der Waals surface area (Å²) in [5.74, 6) is -4.30. The average Bonchev–Trinajstić information content (AvgIpc) is 3.02. The Morgan fingerprint density at radius 3 is 2.45 bits per heavy atom. The first-order valence-electron chi connectivity index (χ1n) is 8.82. The number of aromatic nitrogens is 3. The molecule has 1 aliphatic carbocycles. The third-order valence-corrected chi connectivity index (χ3v) is 5.60. The highest BCUT2D eigenvalue weighted by Crippen LogP contribution is 2.59. The van der Waals surface area contributed by atoms with E-state index in [-0.39, 0.29) is 24.3 Å². The number of phenols is 1. The van der Waals surface area contributed by atoms with Crippen molar-refractivity contribution in [2.45, 2.75) is 12.1 Å². The highest BCUT2D eigenvalue weighted by atomic mass is 19.4. The molecule has 5 rings (SSSR count). The van der Waals surface area contributed by atoms with Crippen molar-refractivity contribution in [3.05, 3.63) is 42.1 Å². The smallest absolute Gasteiger partial charge is 0.416 e. The van der Waals surface area contributed by atoms with Gasteiger partial charge in [-0.3, -0.25) is 4.98 Å². The van der Waals surface area contributed by atoms with Crippen molar-refractivity contribution < 1.29 is 27.1 Å². The van der Waals surface area contributed by atoms with E-state index >= 15 is 0 Å². The molecule has 1 aromatic carbocycles. The van der Waals surface area contributed by atoms with Gasteiger partial charge in [-0.25, -0.2) is 8.78 Å². The molecular formula is C19H13F5N4O. The summed E-state index contributed by atoms with van der Waals surface area (Å²) in [6.45, 7) is 0.284. The van der Waals surface area contributed by atoms with E-state index in [1.807, 2.05) is 0 Å². The van der Waals surface area contributed by atoms with Crippen molar-refractivity contribution in [1.29, 1.82) is 0 Å². The lowest BCUT2D eigenvalue weighted by atomic mass is 10.0. The van der Waals surface area contributed by atoms with Gasteiger partial charge in [-0.2, -0.15) is 13.2 Å². The molecule has 5 nitrogen and oxygen atoms in total. The number of fused-ring (bicyclic) bond motifs is 2. The molecule has 2 aliphatic rings. The normalized spacial score (nSPS) is 22.7. The molecular weight excluding hydrogens is 395 g/mol. The van der Waals surface area contributed by atoms with Crippen LogP contribution in [0.2, 0.25) is 0 Å². The van der Waals surface area contributed by atoms with Crippen LogP contribution in [0.4, 0.5) is 27.8 Å². The predicted octanol–water partition coefficient (Wildman–Crippen LogP) is 4.12. The number of aromatic hydroxyl groups is 1. The lowest BCUT2D eigenvalue weighted by molar-refractivity contribution is -0.137. The van der Waals surface area contributed by atoms with E-state index in [1.165, 1.54) is 6.20 Å². The molecule has 3 heterocycles. The van der Waals surface area contributed by atoms with Crippen molar-refractivity contribution in [2.75, 3.05) is 18.0 Å². The molecule has 10 heteroatoms. The summed E-state index contributed by atoms with van der Waals surface area (Å²) in [7, 11) is 0. The Kier molecular flexibility index (Phi) is 3.57. The van der Waals surface area contributed by atoms with Crippen LogP contribution in [-0.2, 0) is 6.18 Å². The number of rotatable bonds is 2. The third kappa shape index (κ3) is 2.69. The van der Waals surface area contributed by atoms with Crippen LogP contribution in [0.15, 0.2) is 36.5 Å². The van der Waals surface area contributed by atoms with Gasteiger partial charge in [0.15, 0.2) is 5.82 Å². The molecule has 2 fully saturated rings. The summed E-state index contributed by atoms with van der Waals surface area (Å²) in [6.07, 6.45) is -3.08. The van der Waals surface area contributed by atoms with Crippen molar-refractivity contribution in [2.24, 2.45) is 11.8 Å². The van der Waals surface area contributed by atoms with E-state index in [0.29, 0.717) is 22.8 Å². The fourth-order valence-corrected chi connectivity index (χ4v) is 3.97. The second-order valence-corrected chi connectivity index (χ2v) is 7.29. The van der Waals surface area contributed by atoms with E-state index < -0.39 is 35.2 Å². The summed E-state index contributed by atoms with van der Waals surface area (Å²) in [6, 6.07) is 5.87. The van der Waals surface area contributed by atoms with Gasteiger partial charge < -0.3 is 10.0 Å². The van der Waals surface area contributed by atoms with Gasteiger partial charge in [0, 0.05) is 30.2 Å². The Balaban J connectivity index is 1.58. The van der Waals surface area contributed by atoms with Gasteiger partial charge in [0.2, 0.25) is 0 Å². The Morgan fingerprint density at radius 1 is 1.07 bits per heavy atom. The molecule has 1 N–H and O–H groups in total. The van der Waals surface area contributed by atoms with Gasteiger partial charge in [-0.05, 0) is 30.3 Å². The summed E-state index contributed by atoms with van der Waals surface area (Å²) < 4.78 is 65.6. The number of piperidine rings is 1. The van der Waals surface area contributed by atoms with Crippen LogP contribution in [0.3, 0.4) is 0 Å². The van der Waals surface area contributed by atoms with Gasteiger partial charge in [0.1, 0.15) is 17.0 Å². The standard InChI is InChI=1S/C19H13F5N4O/c20-18(21)12-7-28(8-13(12)18)17-16-11(2-1-5-25-16)15(26-27-17)10-4-3-9(6-14(10)29)19(22,23)24/h1-6,12-13,29H,7-8H2. The van der Waals surface area contributed by atoms with Crippen LogP contribution in [0.5, 0.6) is 5.75 Å². The van der Waals surface area contributed by atoms with Crippen LogP contribution in [0, 0.1) is 11.8 Å². The Bertz CT molecular complexity index is 1120. The monoisotopic (exact) mass is 408 g/mol. The average molecular weight is 408 g/mol. The van der Waals surface area contributed by atoms with Gasteiger partial charge in [0.05, 0.1) is 17.4 Å². The zero-order valence-electron chi connectivity index (χ0n) is 14.7. The maximum Gasteiger partial charge on any atom is 0.416 e. The maximum absolute atomic E-state index is 13.5. The van der Waals surface area contributed by atoms with E-state index in [1.54, 1.807) is 17.0 Å². The predicted molar refractivity (Wildman–Crippen MR) is 93.6 cm³/mol. The first-order valence-corrected chi connectivity index (χ1v) is 8.82. The lowest BCUT2D eigenvalue weighted by Crippen LogP contribution is -2.28. The Hall–Kier alpha value is -3.04. The zero-order chi connectivity index (χ0) is 20.6. The topological polar surface area (TPSA) is 62.1 Å².